The van der Waals surface area contributed by atoms with Crippen LogP contribution >= 0.6 is 0 Å². The van der Waals surface area contributed by atoms with Crippen molar-refractivity contribution >= 4 is 0 Å². The van der Waals surface area contributed by atoms with E-state index in [-0.39, 0.29) is 0 Å². The van der Waals surface area contributed by atoms with Crippen molar-refractivity contribution in [3.05, 3.63) is 67.1 Å². The van der Waals surface area contributed by atoms with E-state index in [2.05, 4.69) is 13.2 Å². The van der Waals surface area contributed by atoms with Gasteiger partial charge in [-0.2, -0.15) is 0 Å². The molecule has 0 N–H and O–H groups in total. The Hall–Kier alpha value is -1.30. The fourth-order valence-corrected chi connectivity index (χ4v) is 0.950. The highest BCUT2D eigenvalue weighted by Crippen LogP contribution is 2.15. The van der Waals surface area contributed by atoms with E-state index in [0.29, 0.717) is 0 Å². The summed E-state index contributed by atoms with van der Waals surface area (Å²) in [6.45, 7) is 7.40. The molecule has 0 bridgehead atoms. The van der Waals surface area contributed by atoms with Crippen molar-refractivity contribution in [2.45, 2.75) is 0 Å². The van der Waals surface area contributed by atoms with Crippen LogP contribution in [0.5, 0.6) is 0 Å². The van der Waals surface area contributed by atoms with Crippen LogP contribution in [0.2, 0.25) is 0 Å². The molecule has 0 amide bonds. The highest BCUT2D eigenvalue weighted by atomic mass is 14.0. The number of hydrogen-bond donors (Lipinski definition) is 0. The Morgan fingerprint density at radius 3 is 2.00 bits per heavy atom. The van der Waals surface area contributed by atoms with Crippen molar-refractivity contribution in [3.8, 4) is 0 Å². The van der Waals surface area contributed by atoms with Crippen LogP contribution in [0.25, 0.3) is 0 Å². The Balaban J connectivity index is 2.90. The van der Waals surface area contributed by atoms with Crippen molar-refractivity contribution in [1.29, 1.82) is 0 Å². The molecule has 0 saturated heterocycles. The van der Waals surface area contributed by atoms with E-state index in [1.165, 1.54) is 0 Å². The maximum absolute atomic E-state index is 3.70. The molecule has 0 aliphatic carbocycles. The van der Waals surface area contributed by atoms with Crippen LogP contribution < -0.4 is 0 Å². The van der Waals surface area contributed by atoms with Gasteiger partial charge in [-0.15, -0.1) is 13.2 Å². The molecule has 1 aromatic rings. The van der Waals surface area contributed by atoms with Gasteiger partial charge in [-0.05, 0) is 5.56 Å². The summed E-state index contributed by atoms with van der Waals surface area (Å²) in [6, 6.07) is 10.1. The van der Waals surface area contributed by atoms with E-state index in [0.717, 1.165) is 11.5 Å². The summed E-state index contributed by atoms with van der Waals surface area (Å²) < 4.78 is 0. The van der Waals surface area contributed by atoms with Crippen LogP contribution in [0.3, 0.4) is 0 Å². The minimum Gasteiger partial charge on any atom is -0.102 e. The largest absolute Gasteiger partial charge is 0.102 e. The molecule has 0 unspecified atom stereocenters. The lowest BCUT2D eigenvalue weighted by molar-refractivity contribution is 1.38. The monoisotopic (exact) mass is 143 g/mol. The summed E-state index contributed by atoms with van der Waals surface area (Å²) >= 11 is 0. The highest BCUT2D eigenvalue weighted by molar-refractivity contribution is 5.42. The van der Waals surface area contributed by atoms with Gasteiger partial charge in [0.05, 0.1) is 0 Å². The first-order chi connectivity index (χ1) is 5.38. The van der Waals surface area contributed by atoms with Gasteiger partial charge in [-0.25, -0.2) is 0 Å². The fourth-order valence-electron chi connectivity index (χ4n) is 0.950. The Bertz CT molecular complexity index is 225. The third-order valence-electron chi connectivity index (χ3n) is 1.55. The third kappa shape index (κ3) is 1.81. The molecule has 0 heteroatoms. The Morgan fingerprint density at radius 2 is 1.55 bits per heavy atom. The molecule has 1 aromatic carbocycles. The standard InChI is InChI=1S/C11H11/c1-3-10(4-2)11-8-6-5-7-9-11/h3-9H,1-2H2. The van der Waals surface area contributed by atoms with Gasteiger partial charge in [-0.1, -0.05) is 42.5 Å². The molecule has 0 atom stereocenters. The molecule has 0 aromatic heterocycles. The Morgan fingerprint density at radius 1 is 1.00 bits per heavy atom. The predicted molar refractivity (Wildman–Crippen MR) is 49.2 cm³/mol. The van der Waals surface area contributed by atoms with Crippen molar-refractivity contribution in [2.75, 3.05) is 0 Å². The average molecular weight is 143 g/mol. The van der Waals surface area contributed by atoms with Gasteiger partial charge in [0.2, 0.25) is 0 Å². The Labute approximate surface area is 67.9 Å². The van der Waals surface area contributed by atoms with Gasteiger partial charge < -0.3 is 0 Å². The lowest BCUT2D eigenvalue weighted by atomic mass is 10.00. The summed E-state index contributed by atoms with van der Waals surface area (Å²) in [4.78, 5) is 0. The maximum Gasteiger partial charge on any atom is 0.0473 e. The zero-order valence-electron chi connectivity index (χ0n) is 6.46. The SMILES string of the molecule is C=C[C](C=C)c1ccccc1. The molecule has 55 valence electrons. The van der Waals surface area contributed by atoms with Crippen molar-refractivity contribution in [2.24, 2.45) is 0 Å². The third-order valence-corrected chi connectivity index (χ3v) is 1.55. The van der Waals surface area contributed by atoms with Gasteiger partial charge in [0.25, 0.3) is 0 Å². The Kier molecular flexibility index (Phi) is 2.67. The smallest absolute Gasteiger partial charge is 0.0473 e. The van der Waals surface area contributed by atoms with Crippen LogP contribution in [0.15, 0.2) is 55.6 Å². The molecule has 0 heterocycles. The summed E-state index contributed by atoms with van der Waals surface area (Å²) in [5.41, 5.74) is 1.16. The maximum atomic E-state index is 3.70. The first-order valence-corrected chi connectivity index (χ1v) is 3.55. The van der Waals surface area contributed by atoms with Gasteiger partial charge in [-0.3, -0.25) is 0 Å². The van der Waals surface area contributed by atoms with Crippen molar-refractivity contribution in [3.63, 3.8) is 0 Å². The van der Waals surface area contributed by atoms with E-state index in [1.807, 2.05) is 42.5 Å². The number of benzene rings is 1. The topological polar surface area (TPSA) is 0 Å². The van der Waals surface area contributed by atoms with Crippen LogP contribution in [0, 0.1) is 5.92 Å². The number of allylic oxidation sites excluding steroid dienone is 2. The molecule has 11 heavy (non-hydrogen) atoms. The summed E-state index contributed by atoms with van der Waals surface area (Å²) in [5, 5.41) is 0. The second-order valence-electron chi connectivity index (χ2n) is 2.23. The molecule has 0 fully saturated rings. The minimum absolute atomic E-state index is 1.07. The van der Waals surface area contributed by atoms with Gasteiger partial charge in [0.1, 0.15) is 0 Å². The highest BCUT2D eigenvalue weighted by Gasteiger charge is 2.00. The summed E-state index contributed by atoms with van der Waals surface area (Å²) in [5.74, 6) is 1.07. The lowest BCUT2D eigenvalue weighted by Crippen LogP contribution is -1.89. The molecule has 0 spiro atoms. The van der Waals surface area contributed by atoms with Crippen molar-refractivity contribution in [1.82, 2.24) is 0 Å². The van der Waals surface area contributed by atoms with Crippen LogP contribution in [0.1, 0.15) is 5.56 Å². The van der Waals surface area contributed by atoms with Gasteiger partial charge in [0, 0.05) is 5.92 Å². The molecular formula is C11H11. The van der Waals surface area contributed by atoms with Crippen molar-refractivity contribution < 1.29 is 0 Å². The summed E-state index contributed by atoms with van der Waals surface area (Å²) in [7, 11) is 0. The van der Waals surface area contributed by atoms with E-state index in [4.69, 9.17) is 0 Å². The number of hydrogen-bond acceptors (Lipinski definition) is 0. The summed E-state index contributed by atoms with van der Waals surface area (Å²) in [6.07, 6.45) is 3.62. The molecular weight excluding hydrogens is 132 g/mol. The molecule has 0 aliphatic heterocycles. The first kappa shape index (κ1) is 7.80. The first-order valence-electron chi connectivity index (χ1n) is 3.55. The van der Waals surface area contributed by atoms with Gasteiger partial charge >= 0.3 is 0 Å². The van der Waals surface area contributed by atoms with E-state index in [1.54, 1.807) is 0 Å². The van der Waals surface area contributed by atoms with E-state index >= 15 is 0 Å². The average Bonchev–Trinajstić information content (AvgIpc) is 2.09. The van der Waals surface area contributed by atoms with E-state index < -0.39 is 0 Å². The van der Waals surface area contributed by atoms with E-state index in [9.17, 15) is 0 Å². The quantitative estimate of drug-likeness (QED) is 0.610. The molecule has 0 saturated carbocycles. The molecule has 0 nitrogen and oxygen atoms in total. The minimum atomic E-state index is 1.07. The lowest BCUT2D eigenvalue weighted by Gasteiger charge is -2.04. The number of rotatable bonds is 3. The molecule has 1 radical (unpaired) electrons. The fraction of sp³-hybridized carbons (Fsp3) is 0. The second-order valence-corrected chi connectivity index (χ2v) is 2.23. The van der Waals surface area contributed by atoms with Crippen LogP contribution in [-0.2, 0) is 0 Å². The molecule has 0 aliphatic rings. The molecule has 1 rings (SSSR count). The predicted octanol–water partition coefficient (Wildman–Crippen LogP) is 2.98. The second kappa shape index (κ2) is 3.77. The zero-order chi connectivity index (χ0) is 8.10. The normalized spacial score (nSPS) is 9.55. The van der Waals surface area contributed by atoms with Gasteiger partial charge in [0.15, 0.2) is 0 Å². The zero-order valence-corrected chi connectivity index (χ0v) is 6.46. The van der Waals surface area contributed by atoms with Crippen LogP contribution in [0.4, 0.5) is 0 Å². The van der Waals surface area contributed by atoms with Crippen LogP contribution in [-0.4, -0.2) is 0 Å².